The molecule has 0 aliphatic rings. The summed E-state index contributed by atoms with van der Waals surface area (Å²) < 4.78 is 0. The molecule has 0 radical (unpaired) electrons. The van der Waals surface area contributed by atoms with Gasteiger partial charge in [0.1, 0.15) is 0 Å². The summed E-state index contributed by atoms with van der Waals surface area (Å²) in [6, 6.07) is 0.344. The van der Waals surface area contributed by atoms with Crippen molar-refractivity contribution in [1.82, 2.24) is 5.32 Å². The fraction of sp³-hybridized carbons (Fsp3) is 1.00. The van der Waals surface area contributed by atoms with Crippen molar-refractivity contribution in [2.24, 2.45) is 5.73 Å². The standard InChI is InChI=1S/C7H18N2/c1-3-5-9-6-7(8)4-2/h7,9H,3-6,8H2,1-2H3/t7-/m0/s1. The van der Waals surface area contributed by atoms with Gasteiger partial charge in [-0.3, -0.25) is 0 Å². The van der Waals surface area contributed by atoms with Crippen molar-refractivity contribution in [2.75, 3.05) is 13.1 Å². The molecule has 9 heavy (non-hydrogen) atoms. The molecule has 0 aromatic carbocycles. The summed E-state index contributed by atoms with van der Waals surface area (Å²) in [5, 5.41) is 3.26. The first-order chi connectivity index (χ1) is 4.31. The lowest BCUT2D eigenvalue weighted by molar-refractivity contribution is 0.561. The predicted molar refractivity (Wildman–Crippen MR) is 41.4 cm³/mol. The van der Waals surface area contributed by atoms with Crippen molar-refractivity contribution in [3.05, 3.63) is 0 Å². The zero-order valence-electron chi connectivity index (χ0n) is 6.48. The summed E-state index contributed by atoms with van der Waals surface area (Å²) in [7, 11) is 0. The van der Waals surface area contributed by atoms with Gasteiger partial charge in [0.05, 0.1) is 0 Å². The van der Waals surface area contributed by atoms with Gasteiger partial charge in [-0.15, -0.1) is 0 Å². The van der Waals surface area contributed by atoms with Crippen LogP contribution in [-0.2, 0) is 0 Å². The molecule has 0 amide bonds. The van der Waals surface area contributed by atoms with E-state index >= 15 is 0 Å². The summed E-state index contributed by atoms with van der Waals surface area (Å²) in [4.78, 5) is 0. The van der Waals surface area contributed by atoms with E-state index < -0.39 is 0 Å². The number of nitrogens with one attached hydrogen (secondary N) is 1. The van der Waals surface area contributed by atoms with Crippen LogP contribution in [-0.4, -0.2) is 19.1 Å². The Morgan fingerprint density at radius 3 is 2.56 bits per heavy atom. The molecule has 0 saturated carbocycles. The van der Waals surface area contributed by atoms with Crippen LogP contribution in [0.1, 0.15) is 26.7 Å². The van der Waals surface area contributed by atoms with Crippen molar-refractivity contribution in [3.8, 4) is 0 Å². The van der Waals surface area contributed by atoms with E-state index in [-0.39, 0.29) is 0 Å². The fourth-order valence-electron chi connectivity index (χ4n) is 0.609. The van der Waals surface area contributed by atoms with Gasteiger partial charge in [-0.2, -0.15) is 0 Å². The molecule has 56 valence electrons. The molecular weight excluding hydrogens is 112 g/mol. The van der Waals surface area contributed by atoms with Crippen molar-refractivity contribution < 1.29 is 0 Å². The second kappa shape index (κ2) is 6.05. The van der Waals surface area contributed by atoms with Gasteiger partial charge in [0.15, 0.2) is 0 Å². The van der Waals surface area contributed by atoms with E-state index in [4.69, 9.17) is 5.73 Å². The number of rotatable bonds is 5. The highest BCUT2D eigenvalue weighted by Crippen LogP contribution is 1.81. The third-order valence-electron chi connectivity index (χ3n) is 1.36. The Morgan fingerprint density at radius 2 is 2.11 bits per heavy atom. The normalized spacial score (nSPS) is 13.7. The molecular formula is C7H18N2. The molecule has 3 N–H and O–H groups in total. The molecule has 0 unspecified atom stereocenters. The van der Waals surface area contributed by atoms with Crippen molar-refractivity contribution in [3.63, 3.8) is 0 Å². The van der Waals surface area contributed by atoms with Crippen molar-refractivity contribution in [2.45, 2.75) is 32.7 Å². The SMILES string of the molecule is CCCNC[C@@H](N)CC. The van der Waals surface area contributed by atoms with Crippen LogP contribution in [0.4, 0.5) is 0 Å². The van der Waals surface area contributed by atoms with Crippen LogP contribution in [0.3, 0.4) is 0 Å². The summed E-state index contributed by atoms with van der Waals surface area (Å²) in [6.07, 6.45) is 2.26. The minimum Gasteiger partial charge on any atom is -0.327 e. The Labute approximate surface area is 57.8 Å². The van der Waals surface area contributed by atoms with Gasteiger partial charge in [-0.05, 0) is 19.4 Å². The third kappa shape index (κ3) is 5.80. The molecule has 0 aromatic heterocycles. The fourth-order valence-corrected chi connectivity index (χ4v) is 0.609. The van der Waals surface area contributed by atoms with E-state index in [0.29, 0.717) is 6.04 Å². The maximum atomic E-state index is 5.65. The lowest BCUT2D eigenvalue weighted by atomic mass is 10.2. The smallest absolute Gasteiger partial charge is 0.0162 e. The summed E-state index contributed by atoms with van der Waals surface area (Å²) in [6.45, 7) is 6.32. The van der Waals surface area contributed by atoms with Crippen LogP contribution in [0, 0.1) is 0 Å². The molecule has 0 heterocycles. The second-order valence-corrected chi connectivity index (χ2v) is 2.37. The maximum absolute atomic E-state index is 5.65. The first-order valence-electron chi connectivity index (χ1n) is 3.77. The summed E-state index contributed by atoms with van der Waals surface area (Å²) >= 11 is 0. The van der Waals surface area contributed by atoms with E-state index in [9.17, 15) is 0 Å². The molecule has 2 nitrogen and oxygen atoms in total. The lowest BCUT2D eigenvalue weighted by Gasteiger charge is -2.08. The van der Waals surface area contributed by atoms with Crippen LogP contribution in [0.25, 0.3) is 0 Å². The first-order valence-corrected chi connectivity index (χ1v) is 3.77. The van der Waals surface area contributed by atoms with Crippen LogP contribution in [0.2, 0.25) is 0 Å². The summed E-state index contributed by atoms with van der Waals surface area (Å²) in [5.74, 6) is 0. The summed E-state index contributed by atoms with van der Waals surface area (Å²) in [5.41, 5.74) is 5.65. The molecule has 2 heteroatoms. The number of nitrogens with two attached hydrogens (primary N) is 1. The molecule has 0 aliphatic carbocycles. The van der Waals surface area contributed by atoms with Gasteiger partial charge in [-0.1, -0.05) is 13.8 Å². The van der Waals surface area contributed by atoms with E-state index in [0.717, 1.165) is 19.5 Å². The van der Waals surface area contributed by atoms with Gasteiger partial charge >= 0.3 is 0 Å². The van der Waals surface area contributed by atoms with Gasteiger partial charge in [0, 0.05) is 12.6 Å². The Bertz CT molecular complexity index is 54.9. The first kappa shape index (κ1) is 8.92. The van der Waals surface area contributed by atoms with Crippen LogP contribution in [0.15, 0.2) is 0 Å². The average molecular weight is 130 g/mol. The van der Waals surface area contributed by atoms with Crippen LogP contribution < -0.4 is 11.1 Å². The molecule has 0 fully saturated rings. The zero-order chi connectivity index (χ0) is 7.11. The number of hydrogen-bond donors (Lipinski definition) is 2. The van der Waals surface area contributed by atoms with Crippen molar-refractivity contribution in [1.29, 1.82) is 0 Å². The highest BCUT2D eigenvalue weighted by Gasteiger charge is 1.94. The average Bonchev–Trinajstić information content (AvgIpc) is 1.89. The monoisotopic (exact) mass is 130 g/mol. The van der Waals surface area contributed by atoms with E-state index in [2.05, 4.69) is 19.2 Å². The van der Waals surface area contributed by atoms with E-state index in [1.807, 2.05) is 0 Å². The third-order valence-corrected chi connectivity index (χ3v) is 1.36. The molecule has 0 saturated heterocycles. The Morgan fingerprint density at radius 1 is 1.44 bits per heavy atom. The second-order valence-electron chi connectivity index (χ2n) is 2.37. The highest BCUT2D eigenvalue weighted by atomic mass is 14.9. The van der Waals surface area contributed by atoms with Crippen LogP contribution >= 0.6 is 0 Å². The van der Waals surface area contributed by atoms with Crippen LogP contribution in [0.5, 0.6) is 0 Å². The largest absolute Gasteiger partial charge is 0.327 e. The molecule has 0 rings (SSSR count). The van der Waals surface area contributed by atoms with Crippen molar-refractivity contribution >= 4 is 0 Å². The quantitative estimate of drug-likeness (QED) is 0.538. The van der Waals surface area contributed by atoms with E-state index in [1.165, 1.54) is 6.42 Å². The number of hydrogen-bond acceptors (Lipinski definition) is 2. The maximum Gasteiger partial charge on any atom is 0.0162 e. The van der Waals surface area contributed by atoms with Gasteiger partial charge < -0.3 is 11.1 Å². The van der Waals surface area contributed by atoms with E-state index in [1.54, 1.807) is 0 Å². The zero-order valence-corrected chi connectivity index (χ0v) is 6.48. The Kier molecular flexibility index (Phi) is 5.99. The molecule has 0 aliphatic heterocycles. The molecule has 0 spiro atoms. The predicted octanol–water partition coefficient (Wildman–Crippen LogP) is 0.723. The Balaban J connectivity index is 2.88. The van der Waals surface area contributed by atoms with Gasteiger partial charge in [-0.25, -0.2) is 0 Å². The molecule has 0 bridgehead atoms. The lowest BCUT2D eigenvalue weighted by Crippen LogP contribution is -2.33. The minimum absolute atomic E-state index is 0.344. The molecule has 0 aromatic rings. The topological polar surface area (TPSA) is 38.0 Å². The Hall–Kier alpha value is -0.0800. The molecule has 1 atom stereocenters. The van der Waals surface area contributed by atoms with Gasteiger partial charge in [0.25, 0.3) is 0 Å². The highest BCUT2D eigenvalue weighted by molar-refractivity contribution is 4.60. The van der Waals surface area contributed by atoms with Gasteiger partial charge in [0.2, 0.25) is 0 Å². The minimum atomic E-state index is 0.344.